The van der Waals surface area contributed by atoms with E-state index in [1.807, 2.05) is 19.0 Å². The van der Waals surface area contributed by atoms with E-state index in [-0.39, 0.29) is 9.92 Å². The van der Waals surface area contributed by atoms with Gasteiger partial charge in [0.25, 0.3) is 0 Å². The van der Waals surface area contributed by atoms with Gasteiger partial charge in [-0.15, -0.1) is 0 Å². The SMILES string of the molecule is Cc1cc(Cl)c(C)c(S(=O)(=O)NCCCN(C)C)c1Cl. The molecule has 0 aromatic heterocycles. The van der Waals surface area contributed by atoms with Gasteiger partial charge in [0.1, 0.15) is 4.90 Å². The first-order valence-electron chi connectivity index (χ1n) is 6.26. The predicted molar refractivity (Wildman–Crippen MR) is 84.3 cm³/mol. The monoisotopic (exact) mass is 338 g/mol. The first-order chi connectivity index (χ1) is 9.16. The number of hydrogen-bond donors (Lipinski definition) is 1. The van der Waals surface area contributed by atoms with E-state index < -0.39 is 10.0 Å². The van der Waals surface area contributed by atoms with Crippen LogP contribution in [0.2, 0.25) is 10.0 Å². The highest BCUT2D eigenvalue weighted by Gasteiger charge is 2.23. The van der Waals surface area contributed by atoms with Gasteiger partial charge in [-0.1, -0.05) is 23.2 Å². The Morgan fingerprint density at radius 2 is 1.85 bits per heavy atom. The smallest absolute Gasteiger partial charge is 0.242 e. The van der Waals surface area contributed by atoms with Gasteiger partial charge in [0.05, 0.1) is 5.02 Å². The van der Waals surface area contributed by atoms with Gasteiger partial charge >= 0.3 is 0 Å². The van der Waals surface area contributed by atoms with Crippen molar-refractivity contribution in [2.45, 2.75) is 25.2 Å². The Morgan fingerprint density at radius 1 is 1.25 bits per heavy atom. The molecule has 0 atom stereocenters. The second-order valence-electron chi connectivity index (χ2n) is 5.00. The average molecular weight is 339 g/mol. The molecule has 1 aromatic carbocycles. The van der Waals surface area contributed by atoms with E-state index in [4.69, 9.17) is 23.2 Å². The van der Waals surface area contributed by atoms with Gasteiger partial charge in [0.15, 0.2) is 0 Å². The molecule has 1 N–H and O–H groups in total. The van der Waals surface area contributed by atoms with Gasteiger partial charge in [-0.05, 0) is 58.1 Å². The maximum Gasteiger partial charge on any atom is 0.242 e. The van der Waals surface area contributed by atoms with Crippen molar-refractivity contribution >= 4 is 33.2 Å². The quantitative estimate of drug-likeness (QED) is 0.811. The Bertz CT molecular complexity index is 560. The zero-order chi connectivity index (χ0) is 15.5. The van der Waals surface area contributed by atoms with Crippen molar-refractivity contribution < 1.29 is 8.42 Å². The number of aryl methyl sites for hydroxylation is 1. The Kier molecular flexibility index (Phi) is 6.28. The van der Waals surface area contributed by atoms with Crippen LogP contribution in [0.3, 0.4) is 0 Å². The fourth-order valence-corrected chi connectivity index (χ4v) is 4.09. The fraction of sp³-hybridized carbons (Fsp3) is 0.538. The van der Waals surface area contributed by atoms with Gasteiger partial charge in [0, 0.05) is 11.6 Å². The van der Waals surface area contributed by atoms with Crippen molar-refractivity contribution in [3.8, 4) is 0 Å². The number of halogens is 2. The summed E-state index contributed by atoms with van der Waals surface area (Å²) in [5.74, 6) is 0. The van der Waals surface area contributed by atoms with Crippen molar-refractivity contribution in [1.29, 1.82) is 0 Å². The van der Waals surface area contributed by atoms with Crippen LogP contribution in [0.15, 0.2) is 11.0 Å². The van der Waals surface area contributed by atoms with Crippen LogP contribution in [0.5, 0.6) is 0 Å². The van der Waals surface area contributed by atoms with Crippen molar-refractivity contribution in [1.82, 2.24) is 9.62 Å². The van der Waals surface area contributed by atoms with Gasteiger partial charge < -0.3 is 4.90 Å². The lowest BCUT2D eigenvalue weighted by molar-refractivity contribution is 0.400. The number of hydrogen-bond acceptors (Lipinski definition) is 3. The van der Waals surface area contributed by atoms with Crippen LogP contribution in [-0.4, -0.2) is 40.5 Å². The van der Waals surface area contributed by atoms with E-state index in [1.54, 1.807) is 19.9 Å². The molecule has 0 saturated heterocycles. The number of rotatable bonds is 6. The Morgan fingerprint density at radius 3 is 2.40 bits per heavy atom. The van der Waals surface area contributed by atoms with E-state index in [0.29, 0.717) is 22.7 Å². The maximum absolute atomic E-state index is 12.4. The average Bonchev–Trinajstić information content (AvgIpc) is 2.32. The summed E-state index contributed by atoms with van der Waals surface area (Å²) in [6.45, 7) is 4.56. The molecule has 20 heavy (non-hydrogen) atoms. The molecule has 114 valence electrons. The molecule has 0 radical (unpaired) electrons. The zero-order valence-electron chi connectivity index (χ0n) is 12.1. The summed E-state index contributed by atoms with van der Waals surface area (Å²) < 4.78 is 27.3. The third kappa shape index (κ3) is 4.33. The van der Waals surface area contributed by atoms with Crippen LogP contribution < -0.4 is 4.72 Å². The Labute approximate surface area is 131 Å². The lowest BCUT2D eigenvalue weighted by atomic mass is 10.2. The van der Waals surface area contributed by atoms with Crippen LogP contribution in [0.1, 0.15) is 17.5 Å². The first-order valence-corrected chi connectivity index (χ1v) is 8.50. The summed E-state index contributed by atoms with van der Waals surface area (Å²) in [6, 6.07) is 1.67. The lowest BCUT2D eigenvalue weighted by Crippen LogP contribution is -2.28. The molecular weight excluding hydrogens is 319 g/mol. The van der Waals surface area contributed by atoms with Gasteiger partial charge in [-0.2, -0.15) is 0 Å². The van der Waals surface area contributed by atoms with Crippen LogP contribution in [0.25, 0.3) is 0 Å². The topological polar surface area (TPSA) is 49.4 Å². The number of nitrogens with zero attached hydrogens (tertiary/aromatic N) is 1. The molecule has 1 rings (SSSR count). The third-order valence-corrected chi connectivity index (χ3v) is 5.55. The lowest BCUT2D eigenvalue weighted by Gasteiger charge is -2.15. The van der Waals surface area contributed by atoms with Crippen LogP contribution >= 0.6 is 23.2 Å². The first kappa shape index (κ1) is 17.7. The molecule has 0 spiro atoms. The van der Waals surface area contributed by atoms with Gasteiger partial charge in [-0.3, -0.25) is 0 Å². The summed E-state index contributed by atoms with van der Waals surface area (Å²) >= 11 is 12.2. The maximum atomic E-state index is 12.4. The Hall–Kier alpha value is -0.330. The molecule has 0 fully saturated rings. The Balaban J connectivity index is 2.99. The number of nitrogens with one attached hydrogen (secondary N) is 1. The van der Waals surface area contributed by atoms with Gasteiger partial charge in [0.2, 0.25) is 10.0 Å². The predicted octanol–water partition coefficient (Wildman–Crippen LogP) is 2.84. The van der Waals surface area contributed by atoms with E-state index in [0.717, 1.165) is 13.0 Å². The minimum Gasteiger partial charge on any atom is -0.309 e. The molecule has 0 aliphatic heterocycles. The highest BCUT2D eigenvalue weighted by molar-refractivity contribution is 7.89. The van der Waals surface area contributed by atoms with Crippen LogP contribution in [0, 0.1) is 13.8 Å². The number of sulfonamides is 1. The fourth-order valence-electron chi connectivity index (χ4n) is 1.81. The van der Waals surface area contributed by atoms with Crippen LogP contribution in [0.4, 0.5) is 0 Å². The summed E-state index contributed by atoms with van der Waals surface area (Å²) in [5, 5.41) is 0.632. The second kappa shape index (κ2) is 7.09. The van der Waals surface area contributed by atoms with Gasteiger partial charge in [-0.25, -0.2) is 13.1 Å². The molecule has 1 aromatic rings. The molecule has 0 aliphatic carbocycles. The summed E-state index contributed by atoms with van der Waals surface area (Å²) in [6.07, 6.45) is 0.725. The van der Waals surface area contributed by atoms with E-state index >= 15 is 0 Å². The summed E-state index contributed by atoms with van der Waals surface area (Å²) in [7, 11) is 0.231. The van der Waals surface area contributed by atoms with Crippen molar-refractivity contribution in [2.75, 3.05) is 27.2 Å². The molecule has 0 bridgehead atoms. The van der Waals surface area contributed by atoms with E-state index in [2.05, 4.69) is 4.72 Å². The molecule has 4 nitrogen and oxygen atoms in total. The zero-order valence-corrected chi connectivity index (χ0v) is 14.5. The van der Waals surface area contributed by atoms with E-state index in [9.17, 15) is 8.42 Å². The molecule has 0 unspecified atom stereocenters. The molecule has 0 heterocycles. The summed E-state index contributed by atoms with van der Waals surface area (Å²) in [4.78, 5) is 2.07. The molecule has 7 heteroatoms. The molecular formula is C13H20Cl2N2O2S. The van der Waals surface area contributed by atoms with E-state index in [1.165, 1.54) is 0 Å². The van der Waals surface area contributed by atoms with Crippen molar-refractivity contribution in [2.24, 2.45) is 0 Å². The number of benzene rings is 1. The normalized spacial score (nSPS) is 12.2. The third-order valence-electron chi connectivity index (χ3n) is 2.93. The minimum atomic E-state index is -3.65. The molecule has 0 amide bonds. The summed E-state index contributed by atoms with van der Waals surface area (Å²) in [5.41, 5.74) is 1.12. The van der Waals surface area contributed by atoms with Crippen molar-refractivity contribution in [3.05, 3.63) is 27.2 Å². The largest absolute Gasteiger partial charge is 0.309 e. The highest BCUT2D eigenvalue weighted by Crippen LogP contribution is 2.33. The van der Waals surface area contributed by atoms with Crippen LogP contribution in [-0.2, 0) is 10.0 Å². The standard InChI is InChI=1S/C13H20Cl2N2O2S/c1-9-8-11(14)10(2)13(12(9)15)20(18,19)16-6-5-7-17(3)4/h8,16H,5-7H2,1-4H3. The van der Waals surface area contributed by atoms with Crippen molar-refractivity contribution in [3.63, 3.8) is 0 Å². The minimum absolute atomic E-state index is 0.0778. The molecule has 0 saturated carbocycles. The second-order valence-corrected chi connectivity index (χ2v) is 7.49. The highest BCUT2D eigenvalue weighted by atomic mass is 35.5. The molecule has 0 aliphatic rings.